The number of sulfonamides is 1. The van der Waals surface area contributed by atoms with E-state index in [0.717, 1.165) is 24.2 Å². The Morgan fingerprint density at radius 2 is 2.05 bits per heavy atom. The van der Waals surface area contributed by atoms with E-state index in [2.05, 4.69) is 30.8 Å². The summed E-state index contributed by atoms with van der Waals surface area (Å²) in [6.45, 7) is 7.62. The summed E-state index contributed by atoms with van der Waals surface area (Å²) in [7, 11) is -3.39. The van der Waals surface area contributed by atoms with E-state index in [1.54, 1.807) is 12.1 Å². The topological polar surface area (TPSA) is 58.2 Å². The summed E-state index contributed by atoms with van der Waals surface area (Å²) in [5.74, 6) is 0.790. The monoisotopic (exact) mass is 282 g/mol. The molecule has 5 heteroatoms. The fraction of sp³-hybridized carbons (Fsp3) is 0.571. The molecule has 4 nitrogen and oxygen atoms in total. The average molecular weight is 282 g/mol. The molecule has 0 amide bonds. The predicted molar refractivity (Wildman–Crippen MR) is 77.8 cm³/mol. The molecule has 1 aliphatic heterocycles. The van der Waals surface area contributed by atoms with Crippen LogP contribution in [0, 0.1) is 11.8 Å². The molecule has 0 spiro atoms. The van der Waals surface area contributed by atoms with Crippen molar-refractivity contribution in [1.29, 1.82) is 0 Å². The van der Waals surface area contributed by atoms with Crippen LogP contribution in [0.1, 0.15) is 26.3 Å². The summed E-state index contributed by atoms with van der Waals surface area (Å²) in [4.78, 5) is 0.367. The van der Waals surface area contributed by atoms with Crippen LogP contribution in [0.25, 0.3) is 0 Å². The lowest BCUT2D eigenvalue weighted by molar-refractivity contribution is 0.414. The largest absolute Gasteiger partial charge is 0.384 e. The molecular weight excluding hydrogens is 260 g/mol. The van der Waals surface area contributed by atoms with Crippen LogP contribution in [-0.4, -0.2) is 21.5 Å². The summed E-state index contributed by atoms with van der Waals surface area (Å²) in [5, 5.41) is 3.23. The molecule has 1 aromatic rings. The van der Waals surface area contributed by atoms with E-state index in [1.165, 1.54) is 0 Å². The molecule has 19 heavy (non-hydrogen) atoms. The Kier molecular flexibility index (Phi) is 4.16. The minimum atomic E-state index is -3.39. The highest BCUT2D eigenvalue weighted by atomic mass is 32.2. The summed E-state index contributed by atoms with van der Waals surface area (Å²) >= 11 is 0. The van der Waals surface area contributed by atoms with Crippen LogP contribution in [0.2, 0.25) is 0 Å². The SMILES string of the molecule is CC(C)C(C)CNS(=O)(=O)c1ccc2c(c1)CCN2. The fourth-order valence-electron chi connectivity index (χ4n) is 2.01. The Balaban J connectivity index is 2.11. The van der Waals surface area contributed by atoms with Gasteiger partial charge in [0.15, 0.2) is 0 Å². The van der Waals surface area contributed by atoms with Gasteiger partial charge in [0.1, 0.15) is 0 Å². The maximum Gasteiger partial charge on any atom is 0.240 e. The lowest BCUT2D eigenvalue weighted by atomic mass is 9.99. The Hall–Kier alpha value is -1.07. The maximum absolute atomic E-state index is 12.2. The van der Waals surface area contributed by atoms with Crippen molar-refractivity contribution in [3.05, 3.63) is 23.8 Å². The van der Waals surface area contributed by atoms with Gasteiger partial charge in [0.25, 0.3) is 0 Å². The zero-order valence-electron chi connectivity index (χ0n) is 11.7. The van der Waals surface area contributed by atoms with Gasteiger partial charge in [-0.3, -0.25) is 0 Å². The first-order valence-corrected chi connectivity index (χ1v) is 8.25. The molecule has 0 saturated heterocycles. The van der Waals surface area contributed by atoms with Gasteiger partial charge in [0.05, 0.1) is 4.90 Å². The van der Waals surface area contributed by atoms with Crippen LogP contribution >= 0.6 is 0 Å². The molecule has 0 fully saturated rings. The molecule has 2 rings (SSSR count). The second-order valence-corrected chi connectivity index (χ2v) is 7.34. The second kappa shape index (κ2) is 5.51. The Morgan fingerprint density at radius 3 is 2.74 bits per heavy atom. The van der Waals surface area contributed by atoms with Crippen molar-refractivity contribution in [2.45, 2.75) is 32.1 Å². The molecule has 2 N–H and O–H groups in total. The number of hydrogen-bond donors (Lipinski definition) is 2. The third-order valence-electron chi connectivity index (χ3n) is 3.83. The lowest BCUT2D eigenvalue weighted by Crippen LogP contribution is -2.30. The first-order chi connectivity index (χ1) is 8.90. The van der Waals surface area contributed by atoms with Crippen molar-refractivity contribution in [3.63, 3.8) is 0 Å². The van der Waals surface area contributed by atoms with Gasteiger partial charge in [-0.2, -0.15) is 0 Å². The summed E-state index contributed by atoms with van der Waals surface area (Å²) in [6, 6.07) is 5.29. The highest BCUT2D eigenvalue weighted by molar-refractivity contribution is 7.89. The first-order valence-electron chi connectivity index (χ1n) is 6.76. The fourth-order valence-corrected chi connectivity index (χ4v) is 3.20. The molecule has 0 radical (unpaired) electrons. The zero-order valence-corrected chi connectivity index (χ0v) is 12.5. The number of rotatable bonds is 5. The third-order valence-corrected chi connectivity index (χ3v) is 5.25. The summed E-state index contributed by atoms with van der Waals surface area (Å²) in [6.07, 6.45) is 0.890. The van der Waals surface area contributed by atoms with Gasteiger partial charge in [0.2, 0.25) is 10.0 Å². The molecule has 1 heterocycles. The average Bonchev–Trinajstić information content (AvgIpc) is 2.82. The van der Waals surface area contributed by atoms with E-state index in [-0.39, 0.29) is 0 Å². The zero-order chi connectivity index (χ0) is 14.0. The molecule has 106 valence electrons. The van der Waals surface area contributed by atoms with Crippen LogP contribution in [0.15, 0.2) is 23.1 Å². The van der Waals surface area contributed by atoms with E-state index in [9.17, 15) is 8.42 Å². The Labute approximate surface area is 115 Å². The third kappa shape index (κ3) is 3.28. The smallest absolute Gasteiger partial charge is 0.240 e. The van der Waals surface area contributed by atoms with Crippen LogP contribution in [0.5, 0.6) is 0 Å². The van der Waals surface area contributed by atoms with Gasteiger partial charge in [-0.1, -0.05) is 20.8 Å². The number of benzene rings is 1. The number of fused-ring (bicyclic) bond motifs is 1. The van der Waals surface area contributed by atoms with Gasteiger partial charge in [-0.15, -0.1) is 0 Å². The molecule has 0 bridgehead atoms. The molecular formula is C14H22N2O2S. The molecule has 0 aliphatic carbocycles. The molecule has 1 aromatic carbocycles. The molecule has 0 saturated carbocycles. The summed E-state index contributed by atoms with van der Waals surface area (Å²) < 4.78 is 27.2. The maximum atomic E-state index is 12.2. The van der Waals surface area contributed by atoms with Crippen molar-refractivity contribution in [1.82, 2.24) is 4.72 Å². The normalized spacial score (nSPS) is 16.2. The van der Waals surface area contributed by atoms with E-state index in [0.29, 0.717) is 23.3 Å². The molecule has 1 aliphatic rings. The van der Waals surface area contributed by atoms with Crippen LogP contribution in [0.3, 0.4) is 0 Å². The number of anilines is 1. The van der Waals surface area contributed by atoms with Crippen molar-refractivity contribution in [3.8, 4) is 0 Å². The highest BCUT2D eigenvalue weighted by Gasteiger charge is 2.19. The Bertz CT molecular complexity index is 553. The van der Waals surface area contributed by atoms with Gasteiger partial charge < -0.3 is 5.32 Å². The quantitative estimate of drug-likeness (QED) is 0.870. The lowest BCUT2D eigenvalue weighted by Gasteiger charge is -2.16. The van der Waals surface area contributed by atoms with E-state index in [4.69, 9.17) is 0 Å². The van der Waals surface area contributed by atoms with Gasteiger partial charge >= 0.3 is 0 Å². The van der Waals surface area contributed by atoms with E-state index in [1.807, 2.05) is 6.07 Å². The van der Waals surface area contributed by atoms with Crippen LogP contribution in [-0.2, 0) is 16.4 Å². The Morgan fingerprint density at radius 1 is 1.32 bits per heavy atom. The molecule has 1 unspecified atom stereocenters. The van der Waals surface area contributed by atoms with Gasteiger partial charge in [0, 0.05) is 18.8 Å². The highest BCUT2D eigenvalue weighted by Crippen LogP contribution is 2.25. The van der Waals surface area contributed by atoms with E-state index >= 15 is 0 Å². The number of nitrogens with one attached hydrogen (secondary N) is 2. The molecule has 0 aromatic heterocycles. The first kappa shape index (κ1) is 14.3. The predicted octanol–water partition coefficient (Wildman–Crippen LogP) is 2.23. The second-order valence-electron chi connectivity index (χ2n) is 5.57. The summed E-state index contributed by atoms with van der Waals surface area (Å²) in [5.41, 5.74) is 2.13. The van der Waals surface area contributed by atoms with Gasteiger partial charge in [-0.05, 0) is 42.0 Å². The van der Waals surface area contributed by atoms with Crippen molar-refractivity contribution in [2.75, 3.05) is 18.4 Å². The standard InChI is InChI=1S/C14H22N2O2S/c1-10(2)11(3)9-16-19(17,18)13-4-5-14-12(8-13)6-7-15-14/h4-5,8,10-11,15-16H,6-7,9H2,1-3H3. The van der Waals surface area contributed by atoms with Gasteiger partial charge in [-0.25, -0.2) is 13.1 Å². The molecule has 1 atom stereocenters. The minimum absolute atomic E-state index is 0.325. The number of hydrogen-bond acceptors (Lipinski definition) is 3. The van der Waals surface area contributed by atoms with Crippen LogP contribution < -0.4 is 10.0 Å². The van der Waals surface area contributed by atoms with E-state index < -0.39 is 10.0 Å². The van der Waals surface area contributed by atoms with Crippen LogP contribution in [0.4, 0.5) is 5.69 Å². The van der Waals surface area contributed by atoms with Crippen molar-refractivity contribution >= 4 is 15.7 Å². The minimum Gasteiger partial charge on any atom is -0.384 e. The van der Waals surface area contributed by atoms with Crippen molar-refractivity contribution in [2.24, 2.45) is 11.8 Å². The van der Waals surface area contributed by atoms with Crippen molar-refractivity contribution < 1.29 is 8.42 Å².